The van der Waals surface area contributed by atoms with Gasteiger partial charge in [0.1, 0.15) is 5.75 Å². The number of ether oxygens (including phenoxy) is 1. The maximum absolute atomic E-state index is 12.7. The molecule has 172 valence electrons. The number of hydrogen-bond acceptors (Lipinski definition) is 4. The topological polar surface area (TPSA) is 58.6 Å². The molecule has 2 aromatic rings. The number of anilines is 1. The minimum Gasteiger partial charge on any atom is -0.496 e. The number of amides is 1. The number of methoxy groups -OCH3 is 1. The number of para-hydroxylation sites is 1. The van der Waals surface area contributed by atoms with Crippen molar-refractivity contribution >= 4 is 29.8 Å². The summed E-state index contributed by atoms with van der Waals surface area (Å²) in [6.07, 6.45) is 6.94. The first-order valence-electron chi connectivity index (χ1n) is 11.5. The van der Waals surface area contributed by atoms with Crippen LogP contribution < -0.4 is 15.0 Å². The monoisotopic (exact) mass is 456 g/mol. The standard InChI is InChI=1S/C26H32N2O3.ClH/c1-31-24-11-5-4-8-19(24)12-14-27-13-6-2-3-10-23(29)21-16-20-9-7-15-28-25(30)18-22(17-21)26(20)28;/h4-5,8,11,16-17,27H,2-3,6-7,9-10,12-15,18H2,1H3;1H. The molecule has 2 aliphatic rings. The van der Waals surface area contributed by atoms with E-state index in [1.807, 2.05) is 35.2 Å². The maximum Gasteiger partial charge on any atom is 0.231 e. The predicted octanol–water partition coefficient (Wildman–Crippen LogP) is 4.53. The van der Waals surface area contributed by atoms with E-state index in [-0.39, 0.29) is 24.1 Å². The van der Waals surface area contributed by atoms with Crippen molar-refractivity contribution in [2.75, 3.05) is 31.6 Å². The van der Waals surface area contributed by atoms with Crippen LogP contribution in [0.1, 0.15) is 59.2 Å². The van der Waals surface area contributed by atoms with Gasteiger partial charge in [-0.25, -0.2) is 0 Å². The van der Waals surface area contributed by atoms with Gasteiger partial charge in [-0.1, -0.05) is 24.6 Å². The van der Waals surface area contributed by atoms with Crippen LogP contribution in [-0.2, 0) is 24.1 Å². The lowest BCUT2D eigenvalue weighted by molar-refractivity contribution is -0.117. The van der Waals surface area contributed by atoms with Crippen LogP contribution in [-0.4, -0.2) is 38.4 Å². The highest BCUT2D eigenvalue weighted by Gasteiger charge is 2.32. The zero-order valence-corrected chi connectivity index (χ0v) is 19.6. The quantitative estimate of drug-likeness (QED) is 0.398. The number of ketones is 1. The molecule has 0 fully saturated rings. The van der Waals surface area contributed by atoms with Crippen LogP contribution in [0.25, 0.3) is 0 Å². The Morgan fingerprint density at radius 2 is 1.91 bits per heavy atom. The van der Waals surface area contributed by atoms with E-state index in [1.165, 1.54) is 11.1 Å². The van der Waals surface area contributed by atoms with Crippen molar-refractivity contribution < 1.29 is 14.3 Å². The third-order valence-corrected chi connectivity index (χ3v) is 6.35. The summed E-state index contributed by atoms with van der Waals surface area (Å²) in [6, 6.07) is 12.1. The van der Waals surface area contributed by atoms with Gasteiger partial charge in [0.05, 0.1) is 19.2 Å². The number of carbonyl (C=O) groups excluding carboxylic acids is 2. The lowest BCUT2D eigenvalue weighted by Gasteiger charge is -2.25. The Kier molecular flexibility index (Phi) is 8.71. The summed E-state index contributed by atoms with van der Waals surface area (Å²) >= 11 is 0. The number of benzene rings is 2. The fourth-order valence-electron chi connectivity index (χ4n) is 4.75. The van der Waals surface area contributed by atoms with Crippen LogP contribution in [0.3, 0.4) is 0 Å². The summed E-state index contributed by atoms with van der Waals surface area (Å²) in [6.45, 7) is 2.70. The average molecular weight is 457 g/mol. The highest BCUT2D eigenvalue weighted by molar-refractivity contribution is 6.05. The molecule has 2 heterocycles. The number of nitrogens with one attached hydrogen (secondary N) is 1. The van der Waals surface area contributed by atoms with Crippen molar-refractivity contribution in [3.8, 4) is 5.75 Å². The van der Waals surface area contributed by atoms with Gasteiger partial charge in [0.15, 0.2) is 5.78 Å². The lowest BCUT2D eigenvalue weighted by atomic mass is 9.94. The molecular formula is C26H33ClN2O3. The fourth-order valence-corrected chi connectivity index (χ4v) is 4.75. The van der Waals surface area contributed by atoms with E-state index in [1.54, 1.807) is 7.11 Å². The number of carbonyl (C=O) groups is 2. The Labute approximate surface area is 196 Å². The molecule has 0 unspecified atom stereocenters. The number of aryl methyl sites for hydroxylation is 1. The van der Waals surface area contributed by atoms with Crippen LogP contribution >= 0.6 is 12.4 Å². The molecule has 32 heavy (non-hydrogen) atoms. The largest absolute Gasteiger partial charge is 0.496 e. The normalized spacial score (nSPS) is 14.2. The van der Waals surface area contributed by atoms with E-state index in [0.717, 1.165) is 80.7 Å². The van der Waals surface area contributed by atoms with Crippen molar-refractivity contribution in [1.29, 1.82) is 0 Å². The highest BCUT2D eigenvalue weighted by atomic mass is 35.5. The molecule has 1 N–H and O–H groups in total. The molecule has 0 saturated heterocycles. The van der Waals surface area contributed by atoms with Crippen LogP contribution in [0.5, 0.6) is 5.75 Å². The molecule has 5 nitrogen and oxygen atoms in total. The van der Waals surface area contributed by atoms with Gasteiger partial charge in [0.25, 0.3) is 0 Å². The van der Waals surface area contributed by atoms with Gasteiger partial charge in [0.2, 0.25) is 5.91 Å². The van der Waals surface area contributed by atoms with E-state index in [4.69, 9.17) is 4.74 Å². The SMILES string of the molecule is COc1ccccc1CCNCCCCCC(=O)c1cc2c3c(c1)CC(=O)N3CCC2.Cl. The Balaban J connectivity index is 0.00000289. The lowest BCUT2D eigenvalue weighted by Crippen LogP contribution is -2.31. The molecule has 0 aromatic heterocycles. The Morgan fingerprint density at radius 1 is 1.09 bits per heavy atom. The van der Waals surface area contributed by atoms with Gasteiger partial charge in [-0.05, 0) is 80.1 Å². The number of unbranched alkanes of at least 4 members (excludes halogenated alkanes) is 2. The van der Waals surface area contributed by atoms with Crippen molar-refractivity contribution in [2.45, 2.75) is 51.4 Å². The molecule has 0 bridgehead atoms. The number of nitrogens with zero attached hydrogens (tertiary/aromatic N) is 1. The maximum atomic E-state index is 12.7. The van der Waals surface area contributed by atoms with E-state index < -0.39 is 0 Å². The second-order valence-electron chi connectivity index (χ2n) is 8.51. The molecular weight excluding hydrogens is 424 g/mol. The smallest absolute Gasteiger partial charge is 0.231 e. The van der Waals surface area contributed by atoms with Gasteiger partial charge in [-0.3, -0.25) is 9.59 Å². The summed E-state index contributed by atoms with van der Waals surface area (Å²) in [5, 5.41) is 3.49. The van der Waals surface area contributed by atoms with Crippen LogP contribution in [0, 0.1) is 0 Å². The zero-order chi connectivity index (χ0) is 21.6. The summed E-state index contributed by atoms with van der Waals surface area (Å²) in [5.41, 5.74) is 5.33. The van der Waals surface area contributed by atoms with E-state index in [9.17, 15) is 9.59 Å². The van der Waals surface area contributed by atoms with E-state index in [0.29, 0.717) is 12.8 Å². The first kappa shape index (κ1) is 24.3. The summed E-state index contributed by atoms with van der Waals surface area (Å²) < 4.78 is 5.39. The Bertz CT molecular complexity index is 960. The highest BCUT2D eigenvalue weighted by Crippen LogP contribution is 2.37. The minimum atomic E-state index is 0. The van der Waals surface area contributed by atoms with Crippen LogP contribution in [0.4, 0.5) is 5.69 Å². The number of Topliss-reactive ketones (excluding diaryl/α,β-unsaturated/α-hetero) is 1. The van der Waals surface area contributed by atoms with Crippen LogP contribution in [0.2, 0.25) is 0 Å². The molecule has 0 radical (unpaired) electrons. The molecule has 2 aromatic carbocycles. The molecule has 0 spiro atoms. The first-order valence-corrected chi connectivity index (χ1v) is 11.5. The van der Waals surface area contributed by atoms with Crippen molar-refractivity contribution in [3.05, 3.63) is 58.7 Å². The Morgan fingerprint density at radius 3 is 2.75 bits per heavy atom. The molecule has 4 rings (SSSR count). The van der Waals surface area contributed by atoms with E-state index in [2.05, 4.69) is 11.4 Å². The third-order valence-electron chi connectivity index (χ3n) is 6.35. The molecule has 2 aliphatic heterocycles. The molecule has 0 saturated carbocycles. The Hall–Kier alpha value is -2.37. The minimum absolute atomic E-state index is 0. The van der Waals surface area contributed by atoms with Gasteiger partial charge < -0.3 is 15.0 Å². The fraction of sp³-hybridized carbons (Fsp3) is 0.462. The summed E-state index contributed by atoms with van der Waals surface area (Å²) in [7, 11) is 1.71. The molecule has 1 amide bonds. The second kappa shape index (κ2) is 11.5. The van der Waals surface area contributed by atoms with E-state index >= 15 is 0 Å². The number of hydrogen-bond donors (Lipinski definition) is 1. The third kappa shape index (κ3) is 5.51. The zero-order valence-electron chi connectivity index (χ0n) is 18.8. The van der Waals surface area contributed by atoms with Gasteiger partial charge >= 0.3 is 0 Å². The number of halogens is 1. The molecule has 0 aliphatic carbocycles. The van der Waals surface area contributed by atoms with Gasteiger partial charge in [-0.15, -0.1) is 12.4 Å². The first-order chi connectivity index (χ1) is 15.2. The van der Waals surface area contributed by atoms with Crippen molar-refractivity contribution in [2.24, 2.45) is 0 Å². The molecule has 6 heteroatoms. The summed E-state index contributed by atoms with van der Waals surface area (Å²) in [5.74, 6) is 1.33. The summed E-state index contributed by atoms with van der Waals surface area (Å²) in [4.78, 5) is 26.8. The number of rotatable bonds is 11. The van der Waals surface area contributed by atoms with Gasteiger partial charge in [0, 0.05) is 18.5 Å². The second-order valence-corrected chi connectivity index (χ2v) is 8.51. The predicted molar refractivity (Wildman–Crippen MR) is 130 cm³/mol. The van der Waals surface area contributed by atoms with Crippen LogP contribution in [0.15, 0.2) is 36.4 Å². The average Bonchev–Trinajstić information content (AvgIpc) is 3.12. The van der Waals surface area contributed by atoms with Gasteiger partial charge in [-0.2, -0.15) is 0 Å². The molecule has 0 atom stereocenters. The van der Waals surface area contributed by atoms with Crippen molar-refractivity contribution in [1.82, 2.24) is 5.32 Å². The van der Waals surface area contributed by atoms with Crippen molar-refractivity contribution in [3.63, 3.8) is 0 Å².